The van der Waals surface area contributed by atoms with Crippen LogP contribution in [0.1, 0.15) is 12.0 Å². The summed E-state index contributed by atoms with van der Waals surface area (Å²) in [5, 5.41) is 8.41. The summed E-state index contributed by atoms with van der Waals surface area (Å²) < 4.78 is 5.32. The Bertz CT molecular complexity index is 305. The van der Waals surface area contributed by atoms with Gasteiger partial charge in [-0.3, -0.25) is 0 Å². The van der Waals surface area contributed by atoms with Gasteiger partial charge < -0.3 is 10.5 Å². The van der Waals surface area contributed by atoms with Gasteiger partial charge in [-0.05, 0) is 24.1 Å². The maximum atomic E-state index is 8.41. The number of aryl methyl sites for hydroxylation is 1. The third-order valence-electron chi connectivity index (χ3n) is 1.84. The summed E-state index contributed by atoms with van der Waals surface area (Å²) in [6, 6.07) is 9.88. The van der Waals surface area contributed by atoms with Crippen LogP contribution in [0.4, 0.5) is 0 Å². The highest BCUT2D eigenvalue weighted by Crippen LogP contribution is 2.12. The lowest BCUT2D eigenvalue weighted by Gasteiger charge is -2.04. The molecule has 1 aromatic carbocycles. The van der Waals surface area contributed by atoms with E-state index in [1.54, 1.807) is 0 Å². The maximum absolute atomic E-state index is 8.41. The summed E-state index contributed by atoms with van der Waals surface area (Å²) in [4.78, 5) is 0. The van der Waals surface area contributed by atoms with Gasteiger partial charge in [0.2, 0.25) is 0 Å². The van der Waals surface area contributed by atoms with Crippen LogP contribution in [-0.2, 0) is 6.42 Å². The average Bonchev–Trinajstić information content (AvgIpc) is 2.25. The van der Waals surface area contributed by atoms with E-state index in [1.165, 1.54) is 0 Å². The first-order chi connectivity index (χ1) is 6.86. The van der Waals surface area contributed by atoms with E-state index in [2.05, 4.69) is 6.07 Å². The number of nitriles is 1. The lowest BCUT2D eigenvalue weighted by molar-refractivity contribution is 0.328. The monoisotopic (exact) mass is 226 g/mol. The number of hydrogen-bond acceptors (Lipinski definition) is 3. The van der Waals surface area contributed by atoms with Crippen molar-refractivity contribution in [2.24, 2.45) is 5.73 Å². The number of hydrogen-bond donors (Lipinski definition) is 1. The molecular weight excluding hydrogens is 212 g/mol. The Labute approximate surface area is 96.3 Å². The van der Waals surface area contributed by atoms with Gasteiger partial charge in [0.25, 0.3) is 0 Å². The molecule has 3 nitrogen and oxygen atoms in total. The minimum atomic E-state index is 0. The van der Waals surface area contributed by atoms with E-state index >= 15 is 0 Å². The van der Waals surface area contributed by atoms with Crippen LogP contribution in [0.25, 0.3) is 0 Å². The SMILES string of the molecule is Cl.N#CCCc1ccc(OCCN)cc1. The van der Waals surface area contributed by atoms with Gasteiger partial charge in [-0.25, -0.2) is 0 Å². The lowest BCUT2D eigenvalue weighted by Crippen LogP contribution is -2.10. The number of benzene rings is 1. The predicted molar refractivity (Wildman–Crippen MR) is 62.2 cm³/mol. The molecule has 0 aliphatic carbocycles. The average molecular weight is 227 g/mol. The molecule has 0 bridgehead atoms. The predicted octanol–water partition coefficient (Wildman–Crippen LogP) is 1.90. The Balaban J connectivity index is 0.00000196. The smallest absolute Gasteiger partial charge is 0.119 e. The summed E-state index contributed by atoms with van der Waals surface area (Å²) >= 11 is 0. The molecule has 0 aliphatic rings. The Hall–Kier alpha value is -1.24. The van der Waals surface area contributed by atoms with E-state index in [-0.39, 0.29) is 12.4 Å². The highest BCUT2D eigenvalue weighted by Gasteiger charge is 1.94. The first-order valence-electron chi connectivity index (χ1n) is 4.65. The second-order valence-electron chi connectivity index (χ2n) is 2.94. The number of halogens is 1. The lowest BCUT2D eigenvalue weighted by atomic mass is 10.1. The molecule has 0 atom stereocenters. The first kappa shape index (κ1) is 13.8. The van der Waals surface area contributed by atoms with Gasteiger partial charge in [0.1, 0.15) is 12.4 Å². The molecule has 0 radical (unpaired) electrons. The third-order valence-corrected chi connectivity index (χ3v) is 1.84. The quantitative estimate of drug-likeness (QED) is 0.834. The summed E-state index contributed by atoms with van der Waals surface area (Å²) in [6.07, 6.45) is 1.36. The van der Waals surface area contributed by atoms with Crippen molar-refractivity contribution in [3.8, 4) is 11.8 Å². The maximum Gasteiger partial charge on any atom is 0.119 e. The topological polar surface area (TPSA) is 59.0 Å². The molecule has 82 valence electrons. The summed E-state index contributed by atoms with van der Waals surface area (Å²) in [5.74, 6) is 0.830. The van der Waals surface area contributed by atoms with E-state index < -0.39 is 0 Å². The largest absolute Gasteiger partial charge is 0.492 e. The van der Waals surface area contributed by atoms with Gasteiger partial charge in [-0.2, -0.15) is 5.26 Å². The zero-order valence-corrected chi connectivity index (χ0v) is 9.30. The van der Waals surface area contributed by atoms with E-state index in [4.69, 9.17) is 15.7 Å². The van der Waals surface area contributed by atoms with Crippen molar-refractivity contribution >= 4 is 12.4 Å². The van der Waals surface area contributed by atoms with Crippen molar-refractivity contribution in [1.82, 2.24) is 0 Å². The summed E-state index contributed by atoms with van der Waals surface area (Å²) in [5.41, 5.74) is 6.47. The van der Waals surface area contributed by atoms with E-state index in [0.29, 0.717) is 19.6 Å². The molecule has 15 heavy (non-hydrogen) atoms. The highest BCUT2D eigenvalue weighted by atomic mass is 35.5. The van der Waals surface area contributed by atoms with Gasteiger partial charge >= 0.3 is 0 Å². The van der Waals surface area contributed by atoms with Crippen molar-refractivity contribution in [3.63, 3.8) is 0 Å². The van der Waals surface area contributed by atoms with Crippen LogP contribution in [0, 0.1) is 11.3 Å². The zero-order chi connectivity index (χ0) is 10.2. The van der Waals surface area contributed by atoms with Gasteiger partial charge in [-0.15, -0.1) is 12.4 Å². The minimum Gasteiger partial charge on any atom is -0.492 e. The molecule has 0 spiro atoms. The first-order valence-corrected chi connectivity index (χ1v) is 4.65. The molecule has 0 amide bonds. The number of nitrogens with zero attached hydrogens (tertiary/aromatic N) is 1. The fraction of sp³-hybridized carbons (Fsp3) is 0.364. The summed E-state index contributed by atoms with van der Waals surface area (Å²) in [6.45, 7) is 1.06. The molecule has 0 saturated carbocycles. The molecule has 0 heterocycles. The normalized spacial score (nSPS) is 8.80. The van der Waals surface area contributed by atoms with Gasteiger partial charge in [-0.1, -0.05) is 12.1 Å². The standard InChI is InChI=1S/C11H14N2O.ClH/c12-7-1-2-10-3-5-11(6-4-10)14-9-8-13;/h3-6H,1-2,8-9,13H2;1H. The molecule has 4 heteroatoms. The van der Waals surface area contributed by atoms with Crippen LogP contribution in [0.15, 0.2) is 24.3 Å². The second-order valence-corrected chi connectivity index (χ2v) is 2.94. The van der Waals surface area contributed by atoms with Crippen molar-refractivity contribution in [2.75, 3.05) is 13.2 Å². The Morgan fingerprint density at radius 2 is 1.93 bits per heavy atom. The van der Waals surface area contributed by atoms with Crippen LogP contribution in [-0.4, -0.2) is 13.2 Å². The molecule has 2 N–H and O–H groups in total. The number of rotatable bonds is 5. The zero-order valence-electron chi connectivity index (χ0n) is 8.48. The van der Waals surface area contributed by atoms with E-state index in [9.17, 15) is 0 Å². The molecular formula is C11H15ClN2O. The Morgan fingerprint density at radius 1 is 1.27 bits per heavy atom. The van der Waals surface area contributed by atoms with Gasteiger partial charge in [0.15, 0.2) is 0 Å². The van der Waals surface area contributed by atoms with Crippen LogP contribution < -0.4 is 10.5 Å². The Morgan fingerprint density at radius 3 is 2.47 bits per heavy atom. The van der Waals surface area contributed by atoms with E-state index in [0.717, 1.165) is 17.7 Å². The molecule has 0 aliphatic heterocycles. The molecule has 0 fully saturated rings. The van der Waals surface area contributed by atoms with Gasteiger partial charge in [0, 0.05) is 13.0 Å². The fourth-order valence-corrected chi connectivity index (χ4v) is 1.13. The summed E-state index contributed by atoms with van der Waals surface area (Å²) in [7, 11) is 0. The van der Waals surface area contributed by atoms with E-state index in [1.807, 2.05) is 24.3 Å². The van der Waals surface area contributed by atoms with Crippen molar-refractivity contribution in [2.45, 2.75) is 12.8 Å². The minimum absolute atomic E-state index is 0. The van der Waals surface area contributed by atoms with Crippen LogP contribution >= 0.6 is 12.4 Å². The van der Waals surface area contributed by atoms with Crippen LogP contribution in [0.2, 0.25) is 0 Å². The molecule has 0 unspecified atom stereocenters. The molecule has 1 rings (SSSR count). The fourth-order valence-electron chi connectivity index (χ4n) is 1.13. The number of nitrogens with two attached hydrogens (primary N) is 1. The van der Waals surface area contributed by atoms with Gasteiger partial charge in [0.05, 0.1) is 6.07 Å². The molecule has 0 aromatic heterocycles. The van der Waals surface area contributed by atoms with Crippen LogP contribution in [0.5, 0.6) is 5.75 Å². The Kier molecular flexibility index (Phi) is 7.43. The molecule has 1 aromatic rings. The third kappa shape index (κ3) is 5.26. The second kappa shape index (κ2) is 8.10. The number of ether oxygens (including phenoxy) is 1. The molecule has 0 saturated heterocycles. The highest BCUT2D eigenvalue weighted by molar-refractivity contribution is 5.85. The van der Waals surface area contributed by atoms with Crippen molar-refractivity contribution in [3.05, 3.63) is 29.8 Å². The van der Waals surface area contributed by atoms with Crippen molar-refractivity contribution < 1.29 is 4.74 Å². The van der Waals surface area contributed by atoms with Crippen LogP contribution in [0.3, 0.4) is 0 Å². The van der Waals surface area contributed by atoms with Crippen molar-refractivity contribution in [1.29, 1.82) is 5.26 Å².